The highest BCUT2D eigenvalue weighted by molar-refractivity contribution is 5.97. The normalized spacial score (nSPS) is 21.3. The molecule has 7 heteroatoms. The van der Waals surface area contributed by atoms with E-state index >= 15 is 0 Å². The van der Waals surface area contributed by atoms with Crippen molar-refractivity contribution in [1.29, 1.82) is 0 Å². The van der Waals surface area contributed by atoms with Gasteiger partial charge in [0.2, 0.25) is 5.88 Å². The van der Waals surface area contributed by atoms with Crippen molar-refractivity contribution in [2.45, 2.75) is 71.1 Å². The van der Waals surface area contributed by atoms with Gasteiger partial charge in [0.1, 0.15) is 11.7 Å². The molecule has 0 bridgehead atoms. The van der Waals surface area contributed by atoms with Gasteiger partial charge in [0.05, 0.1) is 12.6 Å². The number of nitrogens with zero attached hydrogens (tertiary/aromatic N) is 4. The topological polar surface area (TPSA) is 78.8 Å². The lowest BCUT2D eigenvalue weighted by Crippen LogP contribution is -2.49. The molecule has 0 unspecified atom stereocenters. The fourth-order valence-corrected chi connectivity index (χ4v) is 5.25. The lowest BCUT2D eigenvalue weighted by atomic mass is 9.87. The summed E-state index contributed by atoms with van der Waals surface area (Å²) in [4.78, 5) is 26.2. The Morgan fingerprint density at radius 2 is 2.00 bits per heavy atom. The molecule has 0 aromatic carbocycles. The molecular formula is C30H40N4O3. The van der Waals surface area contributed by atoms with Crippen LogP contribution in [0.4, 0.5) is 0 Å². The molecule has 1 aliphatic carbocycles. The molecule has 1 fully saturated rings. The number of carbonyl (C=O) groups excluding carboxylic acids is 1. The monoisotopic (exact) mass is 504 g/mol. The highest BCUT2D eigenvalue weighted by Gasteiger charge is 2.34. The quantitative estimate of drug-likeness (QED) is 0.571. The molecule has 1 N–H and O–H groups in total. The summed E-state index contributed by atoms with van der Waals surface area (Å²) in [6.45, 7) is 5.79. The molecule has 2 aromatic rings. The number of likely N-dealkylation sites (N-methyl/N-ethyl adjacent to an activating group) is 1. The molecule has 0 saturated heterocycles. The van der Waals surface area contributed by atoms with Gasteiger partial charge in [0.15, 0.2) is 0 Å². The summed E-state index contributed by atoms with van der Waals surface area (Å²) in [6.07, 6.45) is 12.5. The largest absolute Gasteiger partial charge is 0.472 e. The highest BCUT2D eigenvalue weighted by atomic mass is 16.5. The SMILES string of the molecule is C[C@H](CO)N1C[C@H](C)[C@H](CN(C)Cc2ccncc2)Oc2ncc(C#CCC3CCCCC3)cc2C1=O. The number of ether oxygens (including phenoxy) is 1. The van der Waals surface area contributed by atoms with E-state index in [1.807, 2.05) is 25.1 Å². The number of carbonyl (C=O) groups is 1. The van der Waals surface area contributed by atoms with Crippen LogP contribution in [0.2, 0.25) is 0 Å². The van der Waals surface area contributed by atoms with Gasteiger partial charge in [-0.05, 0) is 56.5 Å². The highest BCUT2D eigenvalue weighted by Crippen LogP contribution is 2.28. The van der Waals surface area contributed by atoms with Gasteiger partial charge in [-0.2, -0.15) is 0 Å². The molecule has 7 nitrogen and oxygen atoms in total. The zero-order chi connectivity index (χ0) is 26.2. The van der Waals surface area contributed by atoms with E-state index < -0.39 is 0 Å². The zero-order valence-electron chi connectivity index (χ0n) is 22.4. The van der Waals surface area contributed by atoms with E-state index in [1.165, 1.54) is 37.7 Å². The van der Waals surface area contributed by atoms with Crippen LogP contribution in [0.15, 0.2) is 36.8 Å². The fraction of sp³-hybridized carbons (Fsp3) is 0.567. The standard InChI is InChI=1S/C30H40N4O3/c1-22-18-34(23(2)21-35)30(36)27-16-26(11-7-10-24-8-5-4-6-9-24)17-32-29(27)37-28(22)20-33(3)19-25-12-14-31-15-13-25/h12-17,22-24,28,35H,4-6,8-10,18-21H2,1-3H3/t22-,23+,28-/m0/s1. The van der Waals surface area contributed by atoms with Crippen LogP contribution in [0.5, 0.6) is 5.88 Å². The van der Waals surface area contributed by atoms with Crippen LogP contribution in [0.3, 0.4) is 0 Å². The lowest BCUT2D eigenvalue weighted by Gasteiger charge is -2.37. The number of pyridine rings is 2. The second-order valence-corrected chi connectivity index (χ2v) is 10.8. The number of aromatic nitrogens is 2. The maximum absolute atomic E-state index is 13.6. The molecule has 0 spiro atoms. The summed E-state index contributed by atoms with van der Waals surface area (Å²) in [5, 5.41) is 9.89. The first-order valence-corrected chi connectivity index (χ1v) is 13.6. The summed E-state index contributed by atoms with van der Waals surface area (Å²) in [5.41, 5.74) is 2.32. The third-order valence-electron chi connectivity index (χ3n) is 7.56. The molecule has 1 saturated carbocycles. The van der Waals surface area contributed by atoms with E-state index in [0.29, 0.717) is 30.5 Å². The molecular weight excluding hydrogens is 464 g/mol. The molecule has 1 amide bonds. The summed E-state index contributed by atoms with van der Waals surface area (Å²) in [7, 11) is 2.06. The van der Waals surface area contributed by atoms with Crippen molar-refractivity contribution < 1.29 is 14.6 Å². The average Bonchev–Trinajstić information content (AvgIpc) is 2.91. The van der Waals surface area contributed by atoms with Crippen molar-refractivity contribution >= 4 is 5.91 Å². The maximum Gasteiger partial charge on any atom is 0.259 e. The minimum Gasteiger partial charge on any atom is -0.472 e. The van der Waals surface area contributed by atoms with Gasteiger partial charge in [0.25, 0.3) is 5.91 Å². The Morgan fingerprint density at radius 1 is 1.24 bits per heavy atom. The van der Waals surface area contributed by atoms with Crippen molar-refractivity contribution in [2.75, 3.05) is 26.7 Å². The number of aliphatic hydroxyl groups is 1. The molecule has 3 atom stereocenters. The fourth-order valence-electron chi connectivity index (χ4n) is 5.25. The number of amides is 1. The van der Waals surface area contributed by atoms with Crippen LogP contribution in [0, 0.1) is 23.7 Å². The van der Waals surface area contributed by atoms with E-state index in [9.17, 15) is 9.90 Å². The van der Waals surface area contributed by atoms with Gasteiger partial charge in [0, 0.05) is 56.1 Å². The van der Waals surface area contributed by atoms with Crippen molar-refractivity contribution in [1.82, 2.24) is 19.8 Å². The Hall–Kier alpha value is -2.95. The summed E-state index contributed by atoms with van der Waals surface area (Å²) in [6, 6.07) is 5.52. The predicted octanol–water partition coefficient (Wildman–Crippen LogP) is 4.15. The molecule has 198 valence electrons. The van der Waals surface area contributed by atoms with Crippen LogP contribution in [0.25, 0.3) is 0 Å². The average molecular weight is 505 g/mol. The predicted molar refractivity (Wildman–Crippen MR) is 144 cm³/mol. The summed E-state index contributed by atoms with van der Waals surface area (Å²) >= 11 is 0. The Morgan fingerprint density at radius 3 is 2.73 bits per heavy atom. The second-order valence-electron chi connectivity index (χ2n) is 10.8. The Balaban J connectivity index is 1.55. The van der Waals surface area contributed by atoms with Crippen molar-refractivity contribution in [3.05, 3.63) is 53.5 Å². The number of aliphatic hydroxyl groups excluding tert-OH is 1. The van der Waals surface area contributed by atoms with E-state index in [-0.39, 0.29) is 30.6 Å². The molecule has 2 aromatic heterocycles. The van der Waals surface area contributed by atoms with Crippen molar-refractivity contribution in [3.63, 3.8) is 0 Å². The van der Waals surface area contributed by atoms with Gasteiger partial charge in [-0.25, -0.2) is 4.98 Å². The third-order valence-corrected chi connectivity index (χ3v) is 7.56. The van der Waals surface area contributed by atoms with Crippen LogP contribution in [0.1, 0.15) is 73.9 Å². The first-order valence-electron chi connectivity index (χ1n) is 13.6. The first kappa shape index (κ1) is 27.1. The maximum atomic E-state index is 13.6. The number of hydrogen-bond acceptors (Lipinski definition) is 6. The number of hydrogen-bond donors (Lipinski definition) is 1. The number of fused-ring (bicyclic) bond motifs is 1. The summed E-state index contributed by atoms with van der Waals surface area (Å²) in [5.74, 6) is 7.45. The molecule has 0 radical (unpaired) electrons. The molecule has 37 heavy (non-hydrogen) atoms. The van der Waals surface area contributed by atoms with E-state index in [1.54, 1.807) is 23.5 Å². The van der Waals surface area contributed by atoms with E-state index in [2.05, 4.69) is 40.7 Å². The molecule has 4 rings (SSSR count). The van der Waals surface area contributed by atoms with Crippen molar-refractivity contribution in [2.24, 2.45) is 11.8 Å². The second kappa shape index (κ2) is 13.0. The molecule has 2 aliphatic rings. The summed E-state index contributed by atoms with van der Waals surface area (Å²) < 4.78 is 6.42. The van der Waals surface area contributed by atoms with Gasteiger partial charge < -0.3 is 14.7 Å². The smallest absolute Gasteiger partial charge is 0.259 e. The van der Waals surface area contributed by atoms with Gasteiger partial charge in [-0.1, -0.05) is 38.0 Å². The van der Waals surface area contributed by atoms with Crippen molar-refractivity contribution in [3.8, 4) is 17.7 Å². The van der Waals surface area contributed by atoms with Gasteiger partial charge in [-0.3, -0.25) is 14.7 Å². The minimum absolute atomic E-state index is 0.0442. The third kappa shape index (κ3) is 7.30. The van der Waals surface area contributed by atoms with Gasteiger partial charge >= 0.3 is 0 Å². The molecule has 1 aliphatic heterocycles. The zero-order valence-corrected chi connectivity index (χ0v) is 22.4. The minimum atomic E-state index is -0.308. The van der Waals surface area contributed by atoms with Crippen LogP contribution >= 0.6 is 0 Å². The lowest BCUT2D eigenvalue weighted by molar-refractivity contribution is 0.0325. The Kier molecular flexibility index (Phi) is 9.54. The van der Waals surface area contributed by atoms with E-state index in [4.69, 9.17) is 4.74 Å². The number of rotatable bonds is 7. The van der Waals surface area contributed by atoms with Crippen LogP contribution < -0.4 is 4.74 Å². The first-order chi connectivity index (χ1) is 17.9. The van der Waals surface area contributed by atoms with Gasteiger partial charge in [-0.15, -0.1) is 0 Å². The van der Waals surface area contributed by atoms with E-state index in [0.717, 1.165) is 18.5 Å². The van der Waals surface area contributed by atoms with Crippen LogP contribution in [-0.4, -0.2) is 69.7 Å². The van der Waals surface area contributed by atoms with Crippen LogP contribution in [-0.2, 0) is 6.54 Å². The molecule has 3 heterocycles. The Bertz CT molecular complexity index is 1090. The Labute approximate surface area is 221 Å².